The van der Waals surface area contributed by atoms with Crippen LogP contribution >= 0.6 is 0 Å². The molecule has 2 N–H and O–H groups in total. The maximum Gasteiger partial charge on any atom is 0.274 e. The van der Waals surface area contributed by atoms with Crippen LogP contribution in [0.25, 0.3) is 0 Å². The molecule has 0 saturated carbocycles. The van der Waals surface area contributed by atoms with Crippen molar-refractivity contribution >= 4 is 17.4 Å². The van der Waals surface area contributed by atoms with Crippen LogP contribution in [0.1, 0.15) is 16.1 Å². The smallest absolute Gasteiger partial charge is 0.274 e. The van der Waals surface area contributed by atoms with E-state index in [2.05, 4.69) is 20.6 Å². The first-order chi connectivity index (χ1) is 12.8. The van der Waals surface area contributed by atoms with E-state index in [1.807, 2.05) is 30.3 Å². The van der Waals surface area contributed by atoms with Gasteiger partial charge in [-0.05, 0) is 17.7 Å². The second-order valence-corrected chi connectivity index (χ2v) is 5.65. The van der Waals surface area contributed by atoms with Crippen LogP contribution in [0.15, 0.2) is 60.9 Å². The molecule has 4 rings (SSSR count). The molecule has 7 heteroatoms. The van der Waals surface area contributed by atoms with E-state index in [0.29, 0.717) is 29.5 Å². The second kappa shape index (κ2) is 7.10. The zero-order chi connectivity index (χ0) is 17.8. The van der Waals surface area contributed by atoms with E-state index in [-0.39, 0.29) is 18.4 Å². The molecule has 0 bridgehead atoms. The molecule has 0 fully saturated rings. The van der Waals surface area contributed by atoms with Crippen molar-refractivity contribution in [3.8, 4) is 11.5 Å². The highest BCUT2D eigenvalue weighted by Crippen LogP contribution is 2.34. The Hall–Kier alpha value is -3.61. The average molecular weight is 348 g/mol. The van der Waals surface area contributed by atoms with Gasteiger partial charge >= 0.3 is 0 Å². The molecular weight excluding hydrogens is 332 g/mol. The Morgan fingerprint density at radius 1 is 1.00 bits per heavy atom. The van der Waals surface area contributed by atoms with E-state index >= 15 is 0 Å². The Bertz CT molecular complexity index is 931. The summed E-state index contributed by atoms with van der Waals surface area (Å²) in [5, 5.41) is 5.98. The molecule has 3 aromatic rings. The van der Waals surface area contributed by atoms with E-state index in [1.165, 1.54) is 6.33 Å². The van der Waals surface area contributed by atoms with Gasteiger partial charge in [0.15, 0.2) is 11.5 Å². The zero-order valence-electron chi connectivity index (χ0n) is 13.8. The van der Waals surface area contributed by atoms with Gasteiger partial charge in [0.1, 0.15) is 17.8 Å². The Morgan fingerprint density at radius 3 is 2.73 bits per heavy atom. The number of nitrogens with zero attached hydrogens (tertiary/aromatic N) is 2. The predicted octanol–water partition coefficient (Wildman–Crippen LogP) is 3.07. The van der Waals surface area contributed by atoms with E-state index in [1.54, 1.807) is 24.3 Å². The lowest BCUT2D eigenvalue weighted by Crippen LogP contribution is -2.14. The molecular formula is C19H16N4O3. The highest BCUT2D eigenvalue weighted by atomic mass is 16.7. The van der Waals surface area contributed by atoms with E-state index in [9.17, 15) is 4.79 Å². The van der Waals surface area contributed by atoms with Crippen LogP contribution in [-0.2, 0) is 6.54 Å². The fourth-order valence-corrected chi connectivity index (χ4v) is 2.54. The monoisotopic (exact) mass is 348 g/mol. The fraction of sp³-hybridized carbons (Fsp3) is 0.105. The molecule has 130 valence electrons. The number of ether oxygens (including phenoxy) is 2. The number of hydrogen-bond donors (Lipinski definition) is 2. The maximum atomic E-state index is 12.4. The molecule has 1 aromatic heterocycles. The predicted molar refractivity (Wildman–Crippen MR) is 96.3 cm³/mol. The van der Waals surface area contributed by atoms with Crippen LogP contribution in [0.2, 0.25) is 0 Å². The number of carbonyl (C=O) groups is 1. The summed E-state index contributed by atoms with van der Waals surface area (Å²) in [6.07, 6.45) is 1.36. The van der Waals surface area contributed by atoms with E-state index in [0.717, 1.165) is 5.56 Å². The summed E-state index contributed by atoms with van der Waals surface area (Å²) in [7, 11) is 0. The Balaban J connectivity index is 1.43. The van der Waals surface area contributed by atoms with Gasteiger partial charge in [0.25, 0.3) is 5.91 Å². The summed E-state index contributed by atoms with van der Waals surface area (Å²) in [6, 6.07) is 16.8. The number of anilines is 2. The largest absolute Gasteiger partial charge is 0.454 e. The van der Waals surface area contributed by atoms with Crippen molar-refractivity contribution < 1.29 is 14.3 Å². The minimum Gasteiger partial charge on any atom is -0.454 e. The maximum absolute atomic E-state index is 12.4. The lowest BCUT2D eigenvalue weighted by atomic mass is 10.2. The number of nitrogens with one attached hydrogen (secondary N) is 2. The first-order valence-corrected chi connectivity index (χ1v) is 8.09. The van der Waals surface area contributed by atoms with Gasteiger partial charge < -0.3 is 20.1 Å². The molecule has 0 unspecified atom stereocenters. The Labute approximate surface area is 150 Å². The van der Waals surface area contributed by atoms with Gasteiger partial charge in [-0.3, -0.25) is 4.79 Å². The van der Waals surface area contributed by atoms with Crippen LogP contribution in [0, 0.1) is 0 Å². The van der Waals surface area contributed by atoms with Crippen LogP contribution < -0.4 is 20.1 Å². The third kappa shape index (κ3) is 3.56. The molecule has 1 aliphatic heterocycles. The molecule has 0 aliphatic carbocycles. The summed E-state index contributed by atoms with van der Waals surface area (Å²) >= 11 is 0. The summed E-state index contributed by atoms with van der Waals surface area (Å²) in [4.78, 5) is 20.6. The summed E-state index contributed by atoms with van der Waals surface area (Å²) in [5.74, 6) is 1.53. The molecule has 1 amide bonds. The number of benzene rings is 2. The minimum absolute atomic E-state index is 0.190. The van der Waals surface area contributed by atoms with Crippen molar-refractivity contribution in [2.45, 2.75) is 6.54 Å². The van der Waals surface area contributed by atoms with Crippen molar-refractivity contribution in [2.24, 2.45) is 0 Å². The lowest BCUT2D eigenvalue weighted by molar-refractivity contribution is 0.102. The van der Waals surface area contributed by atoms with Crippen molar-refractivity contribution in [3.63, 3.8) is 0 Å². The lowest BCUT2D eigenvalue weighted by Gasteiger charge is -2.08. The van der Waals surface area contributed by atoms with E-state index < -0.39 is 0 Å². The number of fused-ring (bicyclic) bond motifs is 1. The van der Waals surface area contributed by atoms with Crippen LogP contribution in [0.5, 0.6) is 11.5 Å². The molecule has 2 heterocycles. The Kier molecular flexibility index (Phi) is 4.34. The van der Waals surface area contributed by atoms with Gasteiger partial charge in [-0.15, -0.1) is 0 Å². The molecule has 1 aliphatic rings. The van der Waals surface area contributed by atoms with Crippen LogP contribution in [0.3, 0.4) is 0 Å². The summed E-state index contributed by atoms with van der Waals surface area (Å²) in [5.41, 5.74) is 2.00. The van der Waals surface area contributed by atoms with Gasteiger partial charge in [0, 0.05) is 24.4 Å². The van der Waals surface area contributed by atoms with Crippen molar-refractivity contribution in [1.82, 2.24) is 9.97 Å². The summed E-state index contributed by atoms with van der Waals surface area (Å²) < 4.78 is 10.6. The van der Waals surface area contributed by atoms with Gasteiger partial charge in [-0.25, -0.2) is 9.97 Å². The van der Waals surface area contributed by atoms with Gasteiger partial charge in [0.05, 0.1) is 0 Å². The van der Waals surface area contributed by atoms with Crippen molar-refractivity contribution in [1.29, 1.82) is 0 Å². The topological polar surface area (TPSA) is 85.4 Å². The molecule has 7 nitrogen and oxygen atoms in total. The molecule has 0 radical (unpaired) electrons. The summed E-state index contributed by atoms with van der Waals surface area (Å²) in [6.45, 7) is 0.802. The molecule has 0 spiro atoms. The number of rotatable bonds is 5. The highest BCUT2D eigenvalue weighted by molar-refractivity contribution is 6.03. The zero-order valence-corrected chi connectivity index (χ0v) is 13.8. The van der Waals surface area contributed by atoms with Crippen molar-refractivity contribution in [3.05, 3.63) is 72.2 Å². The van der Waals surface area contributed by atoms with Crippen LogP contribution in [-0.4, -0.2) is 22.7 Å². The molecule has 0 saturated heterocycles. The standard InChI is InChI=1S/C19H16N4O3/c24-19(23-14-6-7-16-17(8-14)26-12-25-16)15-9-18(22-11-21-15)20-10-13-4-2-1-3-5-13/h1-9,11H,10,12H2,(H,23,24)(H,20,21,22). The SMILES string of the molecule is O=C(Nc1ccc2c(c1)OCO2)c1cc(NCc2ccccc2)ncn1. The number of aromatic nitrogens is 2. The second-order valence-electron chi connectivity index (χ2n) is 5.65. The molecule has 26 heavy (non-hydrogen) atoms. The highest BCUT2D eigenvalue weighted by Gasteiger charge is 2.15. The Morgan fingerprint density at radius 2 is 1.85 bits per heavy atom. The van der Waals surface area contributed by atoms with Crippen LogP contribution in [0.4, 0.5) is 11.5 Å². The minimum atomic E-state index is -0.325. The fourth-order valence-electron chi connectivity index (χ4n) is 2.54. The third-order valence-corrected chi connectivity index (χ3v) is 3.85. The first kappa shape index (κ1) is 15.9. The van der Waals surface area contributed by atoms with Crippen molar-refractivity contribution in [2.75, 3.05) is 17.4 Å². The number of hydrogen-bond acceptors (Lipinski definition) is 6. The quantitative estimate of drug-likeness (QED) is 0.737. The first-order valence-electron chi connectivity index (χ1n) is 8.09. The molecule has 2 aromatic carbocycles. The number of carbonyl (C=O) groups excluding carboxylic acids is 1. The van der Waals surface area contributed by atoms with Gasteiger partial charge in [0.2, 0.25) is 6.79 Å². The molecule has 0 atom stereocenters. The average Bonchev–Trinajstić information content (AvgIpc) is 3.15. The van der Waals surface area contributed by atoms with Gasteiger partial charge in [-0.1, -0.05) is 30.3 Å². The number of amides is 1. The van der Waals surface area contributed by atoms with E-state index in [4.69, 9.17) is 9.47 Å². The third-order valence-electron chi connectivity index (χ3n) is 3.85. The normalized spacial score (nSPS) is 11.8. The van der Waals surface area contributed by atoms with Gasteiger partial charge in [-0.2, -0.15) is 0 Å².